The Hall–Kier alpha value is -6.06. The number of nitrogens with zero attached hydrogens (tertiary/aromatic N) is 3. The fourth-order valence-corrected chi connectivity index (χ4v) is 6.50. The molecule has 5 aromatic carbocycles. The Morgan fingerprint density at radius 1 is 0.667 bits per heavy atom. The molecule has 0 aliphatic carbocycles. The Morgan fingerprint density at radius 2 is 1.39 bits per heavy atom. The molecule has 7 aromatic rings. The van der Waals surface area contributed by atoms with Crippen molar-refractivity contribution in [3.8, 4) is 16.8 Å². The summed E-state index contributed by atoms with van der Waals surface area (Å²) in [7, 11) is 0. The second-order valence-corrected chi connectivity index (χ2v) is 12.1. The van der Waals surface area contributed by atoms with Crippen LogP contribution in [0.1, 0.15) is 47.4 Å². The van der Waals surface area contributed by atoms with E-state index in [9.17, 15) is 0 Å². The average Bonchev–Trinajstić information content (AvgIpc) is 3.51. The fraction of sp³-hybridized carbons (Fsp3) is 0.125. The van der Waals surface area contributed by atoms with E-state index in [2.05, 4.69) is 145 Å². The van der Waals surface area contributed by atoms with Crippen LogP contribution >= 0.6 is 0 Å². The van der Waals surface area contributed by atoms with Crippen LogP contribution in [0.25, 0.3) is 61.5 Å². The minimum atomic E-state index is 0.843. The van der Waals surface area contributed by atoms with Gasteiger partial charge in [-0.1, -0.05) is 143 Å². The Morgan fingerprint density at radius 3 is 2.12 bits per heavy atom. The lowest BCUT2D eigenvalue weighted by Gasteiger charge is -2.14. The zero-order chi connectivity index (χ0) is 36.3. The van der Waals surface area contributed by atoms with Crippen LogP contribution in [-0.4, -0.2) is 14.5 Å². The van der Waals surface area contributed by atoms with Gasteiger partial charge in [0.25, 0.3) is 0 Å². The topological polar surface area (TPSA) is 30.7 Å². The molecular weight excluding hydrogens is 619 g/mol. The molecule has 0 unspecified atom stereocenters. The zero-order valence-electron chi connectivity index (χ0n) is 30.5. The predicted molar refractivity (Wildman–Crippen MR) is 224 cm³/mol. The van der Waals surface area contributed by atoms with E-state index >= 15 is 0 Å². The lowest BCUT2D eigenvalue weighted by atomic mass is 9.92. The standard InChI is InChI=1S/C34H27N.C12H14N2.C2H6/c1-5-24-12-11-17-32(26(24)6-2)35-33-16-10-9-15-29(33)31-21-25(18-19-34(31)35)30-20-22(3)23(4)27-13-7-8-14-28(27)30;1-3-4-5-6-7-8-12-11(2)9-13-10-14-12;1-2/h5-21H,1-2H2,3-4H3;3-7,9-10H,1,8H2,2H3;1-2H3/b;5-4-,7-6-;. The highest BCUT2D eigenvalue weighted by atomic mass is 15.0. The molecule has 3 heteroatoms. The Kier molecular flexibility index (Phi) is 12.1. The van der Waals surface area contributed by atoms with Gasteiger partial charge in [-0.05, 0) is 89.2 Å². The Bertz CT molecular complexity index is 2400. The number of fused-ring (bicyclic) bond motifs is 4. The maximum Gasteiger partial charge on any atom is 0.115 e. The van der Waals surface area contributed by atoms with Crippen molar-refractivity contribution in [3.63, 3.8) is 0 Å². The molecule has 0 saturated carbocycles. The molecule has 0 aliphatic heterocycles. The summed E-state index contributed by atoms with van der Waals surface area (Å²) >= 11 is 0. The third-order valence-electron chi connectivity index (χ3n) is 9.15. The summed E-state index contributed by atoms with van der Waals surface area (Å²) in [6.07, 6.45) is 17.7. The number of aromatic nitrogens is 3. The first kappa shape index (κ1) is 36.2. The maximum atomic E-state index is 4.19. The van der Waals surface area contributed by atoms with E-state index in [-0.39, 0.29) is 0 Å². The minimum Gasteiger partial charge on any atom is -0.309 e. The van der Waals surface area contributed by atoms with Gasteiger partial charge in [-0.2, -0.15) is 0 Å². The highest BCUT2D eigenvalue weighted by molar-refractivity contribution is 6.12. The van der Waals surface area contributed by atoms with Crippen LogP contribution in [0.5, 0.6) is 0 Å². The van der Waals surface area contributed by atoms with Crippen LogP contribution in [0.15, 0.2) is 154 Å². The molecule has 0 spiro atoms. The van der Waals surface area contributed by atoms with Crippen molar-refractivity contribution < 1.29 is 0 Å². The first-order valence-corrected chi connectivity index (χ1v) is 17.6. The molecular formula is C48H47N3. The third-order valence-corrected chi connectivity index (χ3v) is 9.15. The smallest absolute Gasteiger partial charge is 0.115 e. The summed E-state index contributed by atoms with van der Waals surface area (Å²) in [6.45, 7) is 22.1. The molecule has 0 saturated heterocycles. The van der Waals surface area contributed by atoms with Gasteiger partial charge in [-0.15, -0.1) is 0 Å². The first-order chi connectivity index (χ1) is 25.0. The van der Waals surface area contributed by atoms with Crippen molar-refractivity contribution in [1.82, 2.24) is 14.5 Å². The lowest BCUT2D eigenvalue weighted by molar-refractivity contribution is 1.01. The van der Waals surface area contributed by atoms with Gasteiger partial charge in [0.15, 0.2) is 0 Å². The minimum absolute atomic E-state index is 0.843. The summed E-state index contributed by atoms with van der Waals surface area (Å²) < 4.78 is 2.36. The normalized spacial score (nSPS) is 11.0. The Balaban J connectivity index is 0.000000266. The van der Waals surface area contributed by atoms with Gasteiger partial charge in [0, 0.05) is 29.0 Å². The molecule has 0 atom stereocenters. The average molecular weight is 666 g/mol. The van der Waals surface area contributed by atoms with Crippen molar-refractivity contribution in [3.05, 3.63) is 187 Å². The maximum absolute atomic E-state index is 4.19. The summed E-state index contributed by atoms with van der Waals surface area (Å²) in [5, 5.41) is 5.11. The summed E-state index contributed by atoms with van der Waals surface area (Å²) in [5.41, 5.74) is 13.1. The van der Waals surface area contributed by atoms with Gasteiger partial charge in [0.05, 0.1) is 22.4 Å². The molecule has 0 fully saturated rings. The van der Waals surface area contributed by atoms with Gasteiger partial charge >= 0.3 is 0 Å². The lowest BCUT2D eigenvalue weighted by Crippen LogP contribution is -1.98. The van der Waals surface area contributed by atoms with Crippen molar-refractivity contribution in [2.75, 3.05) is 0 Å². The van der Waals surface area contributed by atoms with E-state index in [0.717, 1.165) is 34.5 Å². The summed E-state index contributed by atoms with van der Waals surface area (Å²) in [4.78, 5) is 8.13. The largest absolute Gasteiger partial charge is 0.309 e. The number of para-hydroxylation sites is 1. The van der Waals surface area contributed by atoms with Crippen molar-refractivity contribution in [2.24, 2.45) is 0 Å². The number of hydrogen-bond acceptors (Lipinski definition) is 2. The second kappa shape index (κ2) is 17.0. The monoisotopic (exact) mass is 665 g/mol. The molecule has 0 bridgehead atoms. The molecule has 2 heterocycles. The van der Waals surface area contributed by atoms with Crippen LogP contribution in [0.3, 0.4) is 0 Å². The van der Waals surface area contributed by atoms with Crippen molar-refractivity contribution in [2.45, 2.75) is 41.0 Å². The van der Waals surface area contributed by atoms with Crippen LogP contribution in [0, 0.1) is 20.8 Å². The quantitative estimate of drug-likeness (QED) is 0.151. The SMILES string of the molecule is C=C/C=C\C=C/Cc1ncncc1C.C=Cc1cccc(-n2c3ccccc3c3cc(-c4cc(C)c(C)c5ccccc45)ccc32)c1C=C.CC. The van der Waals surface area contributed by atoms with Crippen LogP contribution in [0.4, 0.5) is 0 Å². The van der Waals surface area contributed by atoms with Gasteiger partial charge in [-0.25, -0.2) is 9.97 Å². The third kappa shape index (κ3) is 7.59. The highest BCUT2D eigenvalue weighted by Crippen LogP contribution is 2.39. The number of allylic oxidation sites excluding steroid dienone is 5. The van der Waals surface area contributed by atoms with E-state index in [1.807, 2.05) is 57.3 Å². The summed E-state index contributed by atoms with van der Waals surface area (Å²) in [5.74, 6) is 0. The molecule has 0 N–H and O–H groups in total. The van der Waals surface area contributed by atoms with Gasteiger partial charge < -0.3 is 4.57 Å². The van der Waals surface area contributed by atoms with Crippen molar-refractivity contribution >= 4 is 44.7 Å². The number of aryl methyl sites for hydroxylation is 3. The van der Waals surface area contributed by atoms with E-state index in [4.69, 9.17) is 0 Å². The van der Waals surface area contributed by atoms with Crippen LogP contribution < -0.4 is 0 Å². The molecule has 0 radical (unpaired) electrons. The molecule has 7 rings (SSSR count). The highest BCUT2D eigenvalue weighted by Gasteiger charge is 2.17. The fourth-order valence-electron chi connectivity index (χ4n) is 6.50. The Labute approximate surface area is 303 Å². The van der Waals surface area contributed by atoms with Crippen LogP contribution in [-0.2, 0) is 6.42 Å². The van der Waals surface area contributed by atoms with Gasteiger partial charge in [-0.3, -0.25) is 0 Å². The summed E-state index contributed by atoms with van der Waals surface area (Å²) in [6, 6.07) is 33.0. The molecule has 3 nitrogen and oxygen atoms in total. The number of rotatable bonds is 8. The van der Waals surface area contributed by atoms with E-state index < -0.39 is 0 Å². The van der Waals surface area contributed by atoms with Gasteiger partial charge in [0.2, 0.25) is 0 Å². The first-order valence-electron chi connectivity index (χ1n) is 17.6. The van der Waals surface area contributed by atoms with E-state index in [1.54, 1.807) is 12.4 Å². The van der Waals surface area contributed by atoms with Gasteiger partial charge in [0.1, 0.15) is 6.33 Å². The molecule has 2 aromatic heterocycles. The van der Waals surface area contributed by atoms with Crippen LogP contribution in [0.2, 0.25) is 0 Å². The molecule has 51 heavy (non-hydrogen) atoms. The number of hydrogen-bond donors (Lipinski definition) is 0. The van der Waals surface area contributed by atoms with E-state index in [0.29, 0.717) is 0 Å². The van der Waals surface area contributed by atoms with Crippen molar-refractivity contribution in [1.29, 1.82) is 0 Å². The molecule has 0 aliphatic rings. The predicted octanol–water partition coefficient (Wildman–Crippen LogP) is 13.2. The second-order valence-electron chi connectivity index (χ2n) is 12.1. The zero-order valence-corrected chi connectivity index (χ0v) is 30.5. The van der Waals surface area contributed by atoms with E-state index in [1.165, 1.54) is 54.8 Å². The number of benzene rings is 5. The molecule has 0 amide bonds. The molecule has 254 valence electrons.